The van der Waals surface area contributed by atoms with E-state index in [-0.39, 0.29) is 11.7 Å². The maximum Gasteiger partial charge on any atom is 0.253 e. The molecule has 1 amide bonds. The number of hydrogen-bond donors (Lipinski definition) is 1. The van der Waals surface area contributed by atoms with Crippen molar-refractivity contribution in [2.45, 2.75) is 13.3 Å². The lowest BCUT2D eigenvalue weighted by atomic mass is 10.1. The van der Waals surface area contributed by atoms with Crippen LogP contribution in [0, 0.1) is 5.92 Å². The van der Waals surface area contributed by atoms with Gasteiger partial charge in [-0.3, -0.25) is 4.79 Å². The third kappa shape index (κ3) is 2.21. The molecule has 0 aromatic heterocycles. The molecule has 0 radical (unpaired) electrons. The average molecular weight is 284 g/mol. The number of nitrogens with zero attached hydrogens (tertiary/aromatic N) is 1. The van der Waals surface area contributed by atoms with Crippen molar-refractivity contribution in [1.29, 1.82) is 0 Å². The van der Waals surface area contributed by atoms with Gasteiger partial charge >= 0.3 is 0 Å². The van der Waals surface area contributed by atoms with Crippen LogP contribution in [0.15, 0.2) is 22.7 Å². The standard InChI is InChI=1S/C12H14BrNO2/c1-8-4-5-14(7-8)12(16)9-2-3-10(13)11(15)6-9/h2-3,6,8,15H,4-5,7H2,1H3. The largest absolute Gasteiger partial charge is 0.507 e. The van der Waals surface area contributed by atoms with Crippen LogP contribution in [-0.4, -0.2) is 29.0 Å². The number of aromatic hydroxyl groups is 1. The molecule has 1 aromatic rings. The Kier molecular flexibility index (Phi) is 3.19. The number of phenolic OH excluding ortho intramolecular Hbond substituents is 1. The van der Waals surface area contributed by atoms with Gasteiger partial charge in [-0.05, 0) is 46.5 Å². The summed E-state index contributed by atoms with van der Waals surface area (Å²) in [5, 5.41) is 9.53. The summed E-state index contributed by atoms with van der Waals surface area (Å²) < 4.78 is 0.610. The van der Waals surface area contributed by atoms with Crippen LogP contribution < -0.4 is 0 Å². The third-order valence-electron chi connectivity index (χ3n) is 2.90. The molecule has 0 spiro atoms. The van der Waals surface area contributed by atoms with E-state index >= 15 is 0 Å². The Balaban J connectivity index is 2.18. The summed E-state index contributed by atoms with van der Waals surface area (Å²) in [6.45, 7) is 3.78. The Bertz CT molecular complexity index is 419. The zero-order valence-corrected chi connectivity index (χ0v) is 10.7. The fraction of sp³-hybridized carbons (Fsp3) is 0.417. The van der Waals surface area contributed by atoms with Gasteiger partial charge in [0.15, 0.2) is 0 Å². The van der Waals surface area contributed by atoms with Gasteiger partial charge in [0, 0.05) is 18.7 Å². The van der Waals surface area contributed by atoms with Crippen molar-refractivity contribution < 1.29 is 9.90 Å². The van der Waals surface area contributed by atoms with Gasteiger partial charge in [-0.2, -0.15) is 0 Å². The predicted molar refractivity (Wildman–Crippen MR) is 65.5 cm³/mol. The Morgan fingerprint density at radius 3 is 2.88 bits per heavy atom. The zero-order valence-electron chi connectivity index (χ0n) is 9.11. The van der Waals surface area contributed by atoms with Gasteiger partial charge in [-0.25, -0.2) is 0 Å². The zero-order chi connectivity index (χ0) is 11.7. The highest BCUT2D eigenvalue weighted by Gasteiger charge is 2.24. The van der Waals surface area contributed by atoms with Gasteiger partial charge in [0.05, 0.1) is 4.47 Å². The van der Waals surface area contributed by atoms with E-state index in [0.717, 1.165) is 19.5 Å². The second-order valence-corrected chi connectivity index (χ2v) is 5.17. The number of carbonyl (C=O) groups is 1. The normalized spacial score (nSPS) is 20.1. The maximum atomic E-state index is 12.1. The van der Waals surface area contributed by atoms with Crippen molar-refractivity contribution >= 4 is 21.8 Å². The van der Waals surface area contributed by atoms with E-state index in [0.29, 0.717) is 16.0 Å². The summed E-state index contributed by atoms with van der Waals surface area (Å²) >= 11 is 3.20. The van der Waals surface area contributed by atoms with Crippen molar-refractivity contribution in [2.75, 3.05) is 13.1 Å². The lowest BCUT2D eigenvalue weighted by Gasteiger charge is -2.16. The van der Waals surface area contributed by atoms with Crippen LogP contribution in [-0.2, 0) is 0 Å². The fourth-order valence-electron chi connectivity index (χ4n) is 1.95. The van der Waals surface area contributed by atoms with Crippen LogP contribution in [0.2, 0.25) is 0 Å². The highest BCUT2D eigenvalue weighted by Crippen LogP contribution is 2.26. The number of rotatable bonds is 1. The Morgan fingerprint density at radius 1 is 1.56 bits per heavy atom. The molecule has 4 heteroatoms. The number of benzene rings is 1. The highest BCUT2D eigenvalue weighted by atomic mass is 79.9. The minimum absolute atomic E-state index is 0.00662. The van der Waals surface area contributed by atoms with Crippen molar-refractivity contribution in [3.8, 4) is 5.75 Å². The Morgan fingerprint density at radius 2 is 2.31 bits per heavy atom. The molecule has 2 rings (SSSR count). The molecule has 1 fully saturated rings. The minimum atomic E-state index is 0.00662. The van der Waals surface area contributed by atoms with Crippen LogP contribution >= 0.6 is 15.9 Å². The third-order valence-corrected chi connectivity index (χ3v) is 3.57. The van der Waals surface area contributed by atoms with Gasteiger partial charge in [-0.1, -0.05) is 6.92 Å². The molecule has 1 unspecified atom stereocenters. The minimum Gasteiger partial charge on any atom is -0.507 e. The first-order valence-electron chi connectivity index (χ1n) is 5.35. The van der Waals surface area contributed by atoms with Crippen LogP contribution in [0.4, 0.5) is 0 Å². The first kappa shape index (κ1) is 11.5. The Hall–Kier alpha value is -1.03. The van der Waals surface area contributed by atoms with Crippen LogP contribution in [0.1, 0.15) is 23.7 Å². The Labute approximate surface area is 103 Å². The van der Waals surface area contributed by atoms with Gasteiger partial charge in [0.25, 0.3) is 5.91 Å². The van der Waals surface area contributed by atoms with Crippen LogP contribution in [0.5, 0.6) is 5.75 Å². The van der Waals surface area contributed by atoms with Gasteiger partial charge in [0.2, 0.25) is 0 Å². The highest BCUT2D eigenvalue weighted by molar-refractivity contribution is 9.10. The van der Waals surface area contributed by atoms with E-state index in [1.54, 1.807) is 12.1 Å². The first-order valence-corrected chi connectivity index (χ1v) is 6.15. The lowest BCUT2D eigenvalue weighted by molar-refractivity contribution is 0.0787. The van der Waals surface area contributed by atoms with Crippen molar-refractivity contribution in [2.24, 2.45) is 5.92 Å². The summed E-state index contributed by atoms with van der Waals surface area (Å²) in [5.74, 6) is 0.693. The van der Waals surface area contributed by atoms with Crippen molar-refractivity contribution in [3.05, 3.63) is 28.2 Å². The predicted octanol–water partition coefficient (Wildman–Crippen LogP) is 2.64. The van der Waals surface area contributed by atoms with E-state index in [9.17, 15) is 9.90 Å². The molecule has 1 N–H and O–H groups in total. The molecule has 0 bridgehead atoms. The molecule has 0 saturated carbocycles. The number of carbonyl (C=O) groups excluding carboxylic acids is 1. The average Bonchev–Trinajstić information content (AvgIpc) is 2.68. The number of halogens is 1. The van der Waals surface area contributed by atoms with E-state index in [1.807, 2.05) is 4.90 Å². The molecule has 86 valence electrons. The molecule has 1 aliphatic rings. The summed E-state index contributed by atoms with van der Waals surface area (Å²) in [6.07, 6.45) is 1.06. The molecule has 16 heavy (non-hydrogen) atoms. The smallest absolute Gasteiger partial charge is 0.253 e. The molecular formula is C12H14BrNO2. The van der Waals surface area contributed by atoms with Crippen LogP contribution in [0.3, 0.4) is 0 Å². The molecule has 1 aliphatic heterocycles. The summed E-state index contributed by atoms with van der Waals surface area (Å²) in [7, 11) is 0. The molecule has 1 heterocycles. The van der Waals surface area contributed by atoms with E-state index in [4.69, 9.17) is 0 Å². The molecule has 3 nitrogen and oxygen atoms in total. The van der Waals surface area contributed by atoms with Gasteiger partial charge < -0.3 is 10.0 Å². The van der Waals surface area contributed by atoms with Crippen molar-refractivity contribution in [1.82, 2.24) is 4.90 Å². The fourth-order valence-corrected chi connectivity index (χ4v) is 2.19. The lowest BCUT2D eigenvalue weighted by Crippen LogP contribution is -2.28. The van der Waals surface area contributed by atoms with Crippen molar-refractivity contribution in [3.63, 3.8) is 0 Å². The molecule has 1 aromatic carbocycles. The number of amides is 1. The summed E-state index contributed by atoms with van der Waals surface area (Å²) in [4.78, 5) is 13.9. The topological polar surface area (TPSA) is 40.5 Å². The number of phenols is 1. The van der Waals surface area contributed by atoms with E-state index in [1.165, 1.54) is 6.07 Å². The summed E-state index contributed by atoms with van der Waals surface area (Å²) in [6, 6.07) is 4.94. The molecule has 0 aliphatic carbocycles. The maximum absolute atomic E-state index is 12.1. The summed E-state index contributed by atoms with van der Waals surface area (Å²) in [5.41, 5.74) is 0.551. The van der Waals surface area contributed by atoms with Gasteiger partial charge in [0.1, 0.15) is 5.75 Å². The first-order chi connectivity index (χ1) is 7.58. The van der Waals surface area contributed by atoms with Crippen LogP contribution in [0.25, 0.3) is 0 Å². The SMILES string of the molecule is CC1CCN(C(=O)c2ccc(Br)c(O)c2)C1. The molecular weight excluding hydrogens is 270 g/mol. The van der Waals surface area contributed by atoms with E-state index in [2.05, 4.69) is 22.9 Å². The second-order valence-electron chi connectivity index (χ2n) is 4.31. The molecule has 1 atom stereocenters. The second kappa shape index (κ2) is 4.45. The number of likely N-dealkylation sites (tertiary alicyclic amines) is 1. The van der Waals surface area contributed by atoms with E-state index < -0.39 is 0 Å². The van der Waals surface area contributed by atoms with Gasteiger partial charge in [-0.15, -0.1) is 0 Å². The number of hydrogen-bond acceptors (Lipinski definition) is 2. The molecule has 1 saturated heterocycles. The quantitative estimate of drug-likeness (QED) is 0.861. The monoisotopic (exact) mass is 283 g/mol.